The molecule has 298 valence electrons. The smallest absolute Gasteiger partial charge is 0.306 e. The first kappa shape index (κ1) is 49.0. The lowest BCUT2D eigenvalue weighted by molar-refractivity contribution is -0.870. The van der Waals surface area contributed by atoms with Crippen molar-refractivity contribution in [1.82, 2.24) is 0 Å². The number of hydrogen-bond donors (Lipinski definition) is 0. The molecule has 0 N–H and O–H groups in total. The van der Waals surface area contributed by atoms with Crippen LogP contribution in [-0.4, -0.2) is 70.0 Å². The molecule has 2 atom stereocenters. The molecule has 0 radical (unpaired) electrons. The van der Waals surface area contributed by atoms with Crippen LogP contribution < -0.4 is 4.89 Å². The first-order valence-electron chi connectivity index (χ1n) is 20.7. The number of phosphoric acid groups is 1. The lowest BCUT2D eigenvalue weighted by Crippen LogP contribution is -2.37. The lowest BCUT2D eigenvalue weighted by Gasteiger charge is -2.28. The van der Waals surface area contributed by atoms with Crippen molar-refractivity contribution in [3.8, 4) is 0 Å². The molecule has 0 rings (SSSR count). The van der Waals surface area contributed by atoms with E-state index in [1.165, 1.54) is 122 Å². The summed E-state index contributed by atoms with van der Waals surface area (Å²) < 4.78 is 33.7. The van der Waals surface area contributed by atoms with Crippen molar-refractivity contribution in [2.45, 2.75) is 200 Å². The highest BCUT2D eigenvalue weighted by Gasteiger charge is 2.21. The molecule has 0 saturated carbocycles. The SMILES string of the molecule is CCCCCCCCCCCCCCCCCCCCCC(=O)OC[C@H](COP(=O)([O-])OCC[N+](C)(C)C)OC(=O)CCCCCCCCC. The number of esters is 2. The number of carbonyl (C=O) groups excluding carboxylic acids is 2. The number of unbranched alkanes of at least 4 members (excludes halogenated alkanes) is 24. The molecular formula is C40H80NO8P. The minimum absolute atomic E-state index is 0.0264. The zero-order valence-electron chi connectivity index (χ0n) is 33.4. The fraction of sp³-hybridized carbons (Fsp3) is 0.950. The largest absolute Gasteiger partial charge is 0.756 e. The molecule has 0 amide bonds. The summed E-state index contributed by atoms with van der Waals surface area (Å²) in [5.74, 6) is -0.830. The minimum atomic E-state index is -4.60. The second kappa shape index (κ2) is 33.8. The van der Waals surface area contributed by atoms with E-state index in [0.717, 1.165) is 38.5 Å². The lowest BCUT2D eigenvalue weighted by atomic mass is 10.0. The van der Waals surface area contributed by atoms with Gasteiger partial charge >= 0.3 is 11.9 Å². The standard InChI is InChI=1S/C40H80NO8P/c1-6-8-10-12-14-15-16-17-18-19-20-21-22-23-24-25-27-28-30-32-39(42)46-36-38(37-48-50(44,45)47-35-34-41(3,4)5)49-40(43)33-31-29-26-13-11-9-7-2/h38H,6-37H2,1-5H3/t38-/m1/s1. The van der Waals surface area contributed by atoms with Gasteiger partial charge in [0, 0.05) is 12.8 Å². The van der Waals surface area contributed by atoms with Gasteiger partial charge in [0.2, 0.25) is 0 Å². The average Bonchev–Trinajstić information content (AvgIpc) is 3.06. The van der Waals surface area contributed by atoms with Gasteiger partial charge in [-0.1, -0.05) is 168 Å². The number of hydrogen-bond acceptors (Lipinski definition) is 8. The summed E-state index contributed by atoms with van der Waals surface area (Å²) in [5, 5.41) is 0. The number of likely N-dealkylation sites (N-methyl/N-ethyl adjacent to an activating group) is 1. The van der Waals surface area contributed by atoms with E-state index in [-0.39, 0.29) is 32.0 Å². The number of rotatable bonds is 38. The van der Waals surface area contributed by atoms with Crippen LogP contribution in [0.2, 0.25) is 0 Å². The summed E-state index contributed by atoms with van der Waals surface area (Å²) >= 11 is 0. The zero-order valence-corrected chi connectivity index (χ0v) is 34.3. The molecule has 0 saturated heterocycles. The monoisotopic (exact) mass is 734 g/mol. The van der Waals surface area contributed by atoms with E-state index >= 15 is 0 Å². The molecule has 1 unspecified atom stereocenters. The molecule has 9 nitrogen and oxygen atoms in total. The quantitative estimate of drug-likeness (QED) is 0.0267. The predicted molar refractivity (Wildman–Crippen MR) is 204 cm³/mol. The number of phosphoric ester groups is 1. The Morgan fingerprint density at radius 1 is 0.540 bits per heavy atom. The highest BCUT2D eigenvalue weighted by Crippen LogP contribution is 2.38. The molecule has 0 aromatic heterocycles. The van der Waals surface area contributed by atoms with E-state index in [2.05, 4.69) is 13.8 Å². The van der Waals surface area contributed by atoms with Crippen LogP contribution in [0.25, 0.3) is 0 Å². The van der Waals surface area contributed by atoms with E-state index in [1.807, 2.05) is 21.1 Å². The minimum Gasteiger partial charge on any atom is -0.756 e. The highest BCUT2D eigenvalue weighted by molar-refractivity contribution is 7.45. The summed E-state index contributed by atoms with van der Waals surface area (Å²) in [5.41, 5.74) is 0. The van der Waals surface area contributed by atoms with Crippen LogP contribution in [0, 0.1) is 0 Å². The first-order valence-corrected chi connectivity index (χ1v) is 22.2. The Labute approximate surface area is 308 Å². The Hall–Kier alpha value is -0.990. The van der Waals surface area contributed by atoms with Gasteiger partial charge in [-0.25, -0.2) is 0 Å². The van der Waals surface area contributed by atoms with E-state index in [0.29, 0.717) is 17.4 Å². The molecule has 0 aliphatic carbocycles. The van der Waals surface area contributed by atoms with Gasteiger partial charge in [0.05, 0.1) is 27.7 Å². The summed E-state index contributed by atoms with van der Waals surface area (Å²) in [6.45, 7) is 4.19. The number of quaternary nitrogens is 1. The molecule has 50 heavy (non-hydrogen) atoms. The van der Waals surface area contributed by atoms with Crippen molar-refractivity contribution in [2.24, 2.45) is 0 Å². The van der Waals surface area contributed by atoms with Gasteiger partial charge in [-0.05, 0) is 12.8 Å². The van der Waals surface area contributed by atoms with Crippen molar-refractivity contribution in [1.29, 1.82) is 0 Å². The maximum Gasteiger partial charge on any atom is 0.306 e. The number of carbonyl (C=O) groups is 2. The molecule has 0 aliphatic rings. The van der Waals surface area contributed by atoms with Crippen LogP contribution in [0.1, 0.15) is 194 Å². The molecule has 0 fully saturated rings. The Bertz CT molecular complexity index is 835. The van der Waals surface area contributed by atoms with E-state index in [1.54, 1.807) is 0 Å². The average molecular weight is 734 g/mol. The normalized spacial score (nSPS) is 13.6. The van der Waals surface area contributed by atoms with Gasteiger partial charge in [-0.15, -0.1) is 0 Å². The molecule has 0 spiro atoms. The van der Waals surface area contributed by atoms with E-state index in [9.17, 15) is 19.0 Å². The van der Waals surface area contributed by atoms with Crippen molar-refractivity contribution in [2.75, 3.05) is 47.5 Å². The molecule has 0 bridgehead atoms. The summed E-state index contributed by atoms with van der Waals surface area (Å²) in [6.07, 6.45) is 31.5. The van der Waals surface area contributed by atoms with Crippen LogP contribution in [0.3, 0.4) is 0 Å². The second-order valence-electron chi connectivity index (χ2n) is 15.4. The van der Waals surface area contributed by atoms with Crippen LogP contribution in [0.15, 0.2) is 0 Å². The van der Waals surface area contributed by atoms with Gasteiger partial charge < -0.3 is 27.9 Å². The van der Waals surface area contributed by atoms with Crippen LogP contribution in [0.5, 0.6) is 0 Å². The Morgan fingerprint density at radius 3 is 1.28 bits per heavy atom. The van der Waals surface area contributed by atoms with Gasteiger partial charge in [-0.2, -0.15) is 0 Å². The molecule has 0 aromatic carbocycles. The van der Waals surface area contributed by atoms with Crippen LogP contribution in [0.4, 0.5) is 0 Å². The summed E-state index contributed by atoms with van der Waals surface area (Å²) in [6, 6.07) is 0. The van der Waals surface area contributed by atoms with Gasteiger partial charge in [0.1, 0.15) is 19.8 Å². The van der Waals surface area contributed by atoms with Crippen molar-refractivity contribution in [3.05, 3.63) is 0 Å². The third-order valence-electron chi connectivity index (χ3n) is 9.13. The molecular weight excluding hydrogens is 653 g/mol. The first-order chi connectivity index (χ1) is 24.0. The van der Waals surface area contributed by atoms with Gasteiger partial charge in [-0.3, -0.25) is 14.2 Å². The van der Waals surface area contributed by atoms with Gasteiger partial charge in [0.25, 0.3) is 7.82 Å². The van der Waals surface area contributed by atoms with Crippen LogP contribution >= 0.6 is 7.82 Å². The van der Waals surface area contributed by atoms with E-state index in [4.69, 9.17) is 18.5 Å². The summed E-state index contributed by atoms with van der Waals surface area (Å²) in [4.78, 5) is 37.2. The van der Waals surface area contributed by atoms with Crippen molar-refractivity contribution >= 4 is 19.8 Å². The van der Waals surface area contributed by atoms with E-state index < -0.39 is 26.5 Å². The second-order valence-corrected chi connectivity index (χ2v) is 16.8. The zero-order chi connectivity index (χ0) is 37.2. The van der Waals surface area contributed by atoms with Crippen molar-refractivity contribution in [3.63, 3.8) is 0 Å². The Kier molecular flexibility index (Phi) is 33.2. The number of nitrogens with zero attached hydrogens (tertiary/aromatic N) is 1. The molecule has 0 aromatic rings. The summed E-state index contributed by atoms with van der Waals surface area (Å²) in [7, 11) is 1.18. The third kappa shape index (κ3) is 36.8. The van der Waals surface area contributed by atoms with Crippen molar-refractivity contribution < 1.29 is 42.1 Å². The maximum atomic E-state index is 12.5. The highest BCUT2D eigenvalue weighted by atomic mass is 31.2. The molecule has 0 heterocycles. The van der Waals surface area contributed by atoms with Gasteiger partial charge in [0.15, 0.2) is 6.10 Å². The Morgan fingerprint density at radius 2 is 0.900 bits per heavy atom. The molecule has 10 heteroatoms. The van der Waals surface area contributed by atoms with Crippen LogP contribution in [-0.2, 0) is 32.7 Å². The fourth-order valence-corrected chi connectivity index (χ4v) is 6.56. The number of ether oxygens (including phenoxy) is 2. The maximum absolute atomic E-state index is 12.5. The third-order valence-corrected chi connectivity index (χ3v) is 10.1. The topological polar surface area (TPSA) is 111 Å². The Balaban J connectivity index is 4.17. The predicted octanol–water partition coefficient (Wildman–Crippen LogP) is 10.6. The molecule has 0 aliphatic heterocycles. The fourth-order valence-electron chi connectivity index (χ4n) is 5.83.